The van der Waals surface area contributed by atoms with Crippen molar-refractivity contribution in [1.29, 1.82) is 0 Å². The van der Waals surface area contributed by atoms with Gasteiger partial charge in [-0.25, -0.2) is 4.79 Å². The SMILES string of the molecule is CC(C)NC(=O)c1cccc(CNC(=O)NCC2CCC2)c1. The van der Waals surface area contributed by atoms with Crippen LogP contribution in [0.3, 0.4) is 0 Å². The molecule has 1 aromatic rings. The van der Waals surface area contributed by atoms with Crippen molar-refractivity contribution in [3.05, 3.63) is 35.4 Å². The third-order valence-corrected chi connectivity index (χ3v) is 3.84. The van der Waals surface area contributed by atoms with E-state index in [-0.39, 0.29) is 18.0 Å². The summed E-state index contributed by atoms with van der Waals surface area (Å²) in [7, 11) is 0. The Morgan fingerprint density at radius 2 is 2.00 bits per heavy atom. The maximum Gasteiger partial charge on any atom is 0.315 e. The number of carbonyl (C=O) groups is 2. The lowest BCUT2D eigenvalue weighted by Crippen LogP contribution is -2.39. The third-order valence-electron chi connectivity index (χ3n) is 3.84. The highest BCUT2D eigenvalue weighted by atomic mass is 16.2. The molecule has 1 aliphatic rings. The van der Waals surface area contributed by atoms with Crippen LogP contribution in [0.15, 0.2) is 24.3 Å². The van der Waals surface area contributed by atoms with E-state index in [1.807, 2.05) is 32.0 Å². The number of hydrogen-bond acceptors (Lipinski definition) is 2. The summed E-state index contributed by atoms with van der Waals surface area (Å²) in [6, 6.07) is 7.27. The van der Waals surface area contributed by atoms with Crippen LogP contribution in [0, 0.1) is 5.92 Å². The number of benzene rings is 1. The van der Waals surface area contributed by atoms with Crippen molar-refractivity contribution in [1.82, 2.24) is 16.0 Å². The second-order valence-electron chi connectivity index (χ2n) is 6.19. The monoisotopic (exact) mass is 303 g/mol. The minimum absolute atomic E-state index is 0.0914. The number of nitrogens with one attached hydrogen (secondary N) is 3. The van der Waals surface area contributed by atoms with E-state index < -0.39 is 0 Å². The van der Waals surface area contributed by atoms with E-state index in [1.165, 1.54) is 19.3 Å². The van der Waals surface area contributed by atoms with Crippen LogP contribution < -0.4 is 16.0 Å². The van der Waals surface area contributed by atoms with E-state index in [0.29, 0.717) is 18.0 Å². The molecule has 22 heavy (non-hydrogen) atoms. The highest BCUT2D eigenvalue weighted by Gasteiger charge is 2.17. The molecule has 0 heterocycles. The molecule has 120 valence electrons. The Morgan fingerprint density at radius 3 is 2.64 bits per heavy atom. The third kappa shape index (κ3) is 5.06. The molecule has 0 atom stereocenters. The maximum absolute atomic E-state index is 12.0. The molecule has 1 saturated carbocycles. The summed E-state index contributed by atoms with van der Waals surface area (Å²) >= 11 is 0. The molecule has 0 radical (unpaired) electrons. The molecule has 2 rings (SSSR count). The molecule has 0 bridgehead atoms. The molecule has 5 nitrogen and oxygen atoms in total. The fraction of sp³-hybridized carbons (Fsp3) is 0.529. The minimum Gasteiger partial charge on any atom is -0.350 e. The molecular weight excluding hydrogens is 278 g/mol. The van der Waals surface area contributed by atoms with Crippen molar-refractivity contribution in [3.8, 4) is 0 Å². The summed E-state index contributed by atoms with van der Waals surface area (Å²) in [5.41, 5.74) is 1.53. The molecule has 1 aliphatic carbocycles. The first kappa shape index (κ1) is 16.3. The lowest BCUT2D eigenvalue weighted by molar-refractivity contribution is 0.0943. The molecule has 0 aliphatic heterocycles. The van der Waals surface area contributed by atoms with Gasteiger partial charge < -0.3 is 16.0 Å². The molecule has 1 aromatic carbocycles. The Balaban J connectivity index is 1.79. The van der Waals surface area contributed by atoms with Gasteiger partial charge in [-0.2, -0.15) is 0 Å². The van der Waals surface area contributed by atoms with Crippen LogP contribution in [0.5, 0.6) is 0 Å². The van der Waals surface area contributed by atoms with Crippen molar-refractivity contribution in [2.75, 3.05) is 6.54 Å². The van der Waals surface area contributed by atoms with Crippen molar-refractivity contribution >= 4 is 11.9 Å². The normalized spacial score (nSPS) is 14.3. The zero-order valence-electron chi connectivity index (χ0n) is 13.3. The zero-order valence-corrected chi connectivity index (χ0v) is 13.3. The van der Waals surface area contributed by atoms with Gasteiger partial charge in [-0.05, 0) is 50.3 Å². The number of hydrogen-bond donors (Lipinski definition) is 3. The highest BCUT2D eigenvalue weighted by molar-refractivity contribution is 5.94. The molecule has 0 saturated heterocycles. The molecule has 1 fully saturated rings. The first-order chi connectivity index (χ1) is 10.5. The first-order valence-corrected chi connectivity index (χ1v) is 7.96. The average molecular weight is 303 g/mol. The Labute approximate surface area is 131 Å². The topological polar surface area (TPSA) is 70.2 Å². The van der Waals surface area contributed by atoms with Gasteiger partial charge >= 0.3 is 6.03 Å². The van der Waals surface area contributed by atoms with Crippen molar-refractivity contribution in [3.63, 3.8) is 0 Å². The van der Waals surface area contributed by atoms with Gasteiger partial charge in [0.25, 0.3) is 5.91 Å². The van der Waals surface area contributed by atoms with E-state index in [4.69, 9.17) is 0 Å². The number of rotatable bonds is 6. The van der Waals surface area contributed by atoms with Gasteiger partial charge in [0.15, 0.2) is 0 Å². The standard InChI is InChI=1S/C17H25N3O2/c1-12(2)20-16(21)15-8-4-7-14(9-15)11-19-17(22)18-10-13-5-3-6-13/h4,7-9,12-13H,3,5-6,10-11H2,1-2H3,(H,20,21)(H2,18,19,22). The number of urea groups is 1. The zero-order chi connectivity index (χ0) is 15.9. The van der Waals surface area contributed by atoms with E-state index in [1.54, 1.807) is 6.07 Å². The van der Waals surface area contributed by atoms with Crippen molar-refractivity contribution in [2.24, 2.45) is 5.92 Å². The van der Waals surface area contributed by atoms with Gasteiger partial charge in [0.05, 0.1) is 0 Å². The van der Waals surface area contributed by atoms with Gasteiger partial charge in [-0.3, -0.25) is 4.79 Å². The molecule has 0 unspecified atom stereocenters. The summed E-state index contributed by atoms with van der Waals surface area (Å²) in [6.07, 6.45) is 3.71. The second kappa shape index (κ2) is 7.82. The lowest BCUT2D eigenvalue weighted by Gasteiger charge is -2.25. The summed E-state index contributed by atoms with van der Waals surface area (Å²) in [6.45, 7) is 5.02. The Kier molecular flexibility index (Phi) is 5.81. The molecule has 3 N–H and O–H groups in total. The van der Waals surface area contributed by atoms with Gasteiger partial charge in [0, 0.05) is 24.7 Å². The van der Waals surface area contributed by atoms with Crippen molar-refractivity contribution < 1.29 is 9.59 Å². The van der Waals surface area contributed by atoms with Crippen LogP contribution in [0.1, 0.15) is 49.0 Å². The largest absolute Gasteiger partial charge is 0.350 e. The highest BCUT2D eigenvalue weighted by Crippen LogP contribution is 2.24. The van der Waals surface area contributed by atoms with E-state index >= 15 is 0 Å². The number of carbonyl (C=O) groups excluding carboxylic acids is 2. The summed E-state index contributed by atoms with van der Waals surface area (Å²) < 4.78 is 0. The maximum atomic E-state index is 12.0. The van der Waals surface area contributed by atoms with E-state index in [0.717, 1.165) is 12.1 Å². The van der Waals surface area contributed by atoms with Gasteiger partial charge in [-0.1, -0.05) is 18.6 Å². The number of amides is 3. The molecule has 3 amide bonds. The Morgan fingerprint density at radius 1 is 1.23 bits per heavy atom. The van der Waals surface area contributed by atoms with Gasteiger partial charge in [0.1, 0.15) is 0 Å². The van der Waals surface area contributed by atoms with Crippen LogP contribution in [-0.2, 0) is 6.54 Å². The molecular formula is C17H25N3O2. The summed E-state index contributed by atoms with van der Waals surface area (Å²) in [4.78, 5) is 23.7. The minimum atomic E-state index is -0.149. The quantitative estimate of drug-likeness (QED) is 0.755. The van der Waals surface area contributed by atoms with E-state index in [2.05, 4.69) is 16.0 Å². The molecule has 0 spiro atoms. The predicted octanol–water partition coefficient (Wildman–Crippen LogP) is 2.42. The van der Waals surface area contributed by atoms with Gasteiger partial charge in [-0.15, -0.1) is 0 Å². The average Bonchev–Trinajstić information content (AvgIpc) is 2.43. The van der Waals surface area contributed by atoms with Crippen LogP contribution in [0.2, 0.25) is 0 Å². The van der Waals surface area contributed by atoms with Crippen LogP contribution in [0.25, 0.3) is 0 Å². The van der Waals surface area contributed by atoms with Crippen LogP contribution in [-0.4, -0.2) is 24.5 Å². The summed E-state index contributed by atoms with van der Waals surface area (Å²) in [5.74, 6) is 0.556. The van der Waals surface area contributed by atoms with Crippen LogP contribution in [0.4, 0.5) is 4.79 Å². The van der Waals surface area contributed by atoms with Crippen LogP contribution >= 0.6 is 0 Å². The predicted molar refractivity (Wildman–Crippen MR) is 86.6 cm³/mol. The second-order valence-corrected chi connectivity index (χ2v) is 6.19. The fourth-order valence-electron chi connectivity index (χ4n) is 2.35. The molecule has 5 heteroatoms. The first-order valence-electron chi connectivity index (χ1n) is 7.96. The fourth-order valence-corrected chi connectivity index (χ4v) is 2.35. The van der Waals surface area contributed by atoms with Crippen molar-refractivity contribution in [2.45, 2.75) is 45.7 Å². The molecule has 0 aromatic heterocycles. The Bertz CT molecular complexity index is 524. The lowest BCUT2D eigenvalue weighted by atomic mass is 9.85. The summed E-state index contributed by atoms with van der Waals surface area (Å²) in [5, 5.41) is 8.57. The van der Waals surface area contributed by atoms with Gasteiger partial charge in [0.2, 0.25) is 0 Å². The van der Waals surface area contributed by atoms with E-state index in [9.17, 15) is 9.59 Å². The Hall–Kier alpha value is -2.04. The smallest absolute Gasteiger partial charge is 0.315 e.